The van der Waals surface area contributed by atoms with Gasteiger partial charge in [0.25, 0.3) is 0 Å². The number of rotatable bonds is 6. The Balaban J connectivity index is 1.89. The molecule has 0 aliphatic carbocycles. The van der Waals surface area contributed by atoms with Crippen LogP contribution in [0.4, 0.5) is 25.3 Å². The number of aromatic nitrogens is 3. The van der Waals surface area contributed by atoms with Gasteiger partial charge in [0.2, 0.25) is 0 Å². The number of alkyl halides is 3. The lowest BCUT2D eigenvalue weighted by Gasteiger charge is -2.17. The number of hydrogen-bond donors (Lipinski definition) is 1. The molecule has 1 N–H and O–H groups in total. The van der Waals surface area contributed by atoms with Crippen molar-refractivity contribution in [2.45, 2.75) is 25.6 Å². The fourth-order valence-electron chi connectivity index (χ4n) is 3.57. The molecule has 184 valence electrons. The van der Waals surface area contributed by atoms with Crippen molar-refractivity contribution in [2.24, 2.45) is 0 Å². The van der Waals surface area contributed by atoms with E-state index in [-0.39, 0.29) is 46.0 Å². The van der Waals surface area contributed by atoms with Crippen molar-refractivity contribution in [2.75, 3.05) is 0 Å². The van der Waals surface area contributed by atoms with E-state index in [1.165, 1.54) is 26.0 Å². The van der Waals surface area contributed by atoms with Gasteiger partial charge in [0.15, 0.2) is 42.1 Å². The monoisotopic (exact) mass is 531 g/mol. The normalized spacial score (nSPS) is 12.5. The Morgan fingerprint density at radius 3 is 2.34 bits per heavy atom. The van der Waals surface area contributed by atoms with E-state index in [0.717, 1.165) is 44.5 Å². The van der Waals surface area contributed by atoms with Gasteiger partial charge in [-0.2, -0.15) is 13.2 Å². The van der Waals surface area contributed by atoms with Gasteiger partial charge in [-0.05, 0) is 43.7 Å². The van der Waals surface area contributed by atoms with Gasteiger partial charge in [0.1, 0.15) is 5.52 Å². The summed E-state index contributed by atoms with van der Waals surface area (Å²) < 4.78 is 84.2. The standard InChI is InChI=1S/C22H15F6N3O2S2/c1-21(2,33)12-8-15(23)18-16(9-12)31(35-28)20(29-18)17-7-11(10-30(17)34-27)19(32)13-5-3-4-6-14(13)22(24,25)26/h3-10,33H,1-2H3. The molecule has 0 radical (unpaired) electrons. The highest BCUT2D eigenvalue weighted by atomic mass is 32.2. The summed E-state index contributed by atoms with van der Waals surface area (Å²) in [5.41, 5.74) is -4.04. The number of hydrogen-bond acceptors (Lipinski definition) is 5. The first-order valence-corrected chi connectivity index (χ1v) is 11.2. The van der Waals surface area contributed by atoms with Gasteiger partial charge < -0.3 is 5.11 Å². The number of imidazole rings is 1. The van der Waals surface area contributed by atoms with E-state index in [9.17, 15) is 35.2 Å². The van der Waals surface area contributed by atoms with E-state index in [1.54, 1.807) is 0 Å². The van der Waals surface area contributed by atoms with Crippen molar-refractivity contribution in [3.63, 3.8) is 0 Å². The van der Waals surface area contributed by atoms with Gasteiger partial charge >= 0.3 is 6.18 Å². The number of aliphatic hydroxyl groups is 1. The quantitative estimate of drug-likeness (QED) is 0.217. The van der Waals surface area contributed by atoms with Crippen molar-refractivity contribution in [3.05, 3.63) is 76.7 Å². The second-order valence-electron chi connectivity index (χ2n) is 8.06. The summed E-state index contributed by atoms with van der Waals surface area (Å²) in [5, 5.41) is 10.2. The molecule has 13 heteroatoms. The molecule has 0 fully saturated rings. The average molecular weight is 532 g/mol. The van der Waals surface area contributed by atoms with E-state index in [0.29, 0.717) is 0 Å². The van der Waals surface area contributed by atoms with Gasteiger partial charge in [-0.1, -0.05) is 18.2 Å². The van der Waals surface area contributed by atoms with Gasteiger partial charge in [-0.15, -0.1) is 7.77 Å². The Hall–Kier alpha value is -2.90. The molecule has 0 saturated carbocycles. The molecular formula is C22H15F6N3O2S2. The lowest BCUT2D eigenvalue weighted by atomic mass is 9.98. The minimum atomic E-state index is -4.80. The van der Waals surface area contributed by atoms with Crippen LogP contribution >= 0.6 is 24.7 Å². The molecule has 0 bridgehead atoms. The Labute approximate surface area is 203 Å². The van der Waals surface area contributed by atoms with Crippen LogP contribution in [0, 0.1) is 5.82 Å². The molecule has 2 aromatic carbocycles. The Bertz CT molecular complexity index is 1440. The van der Waals surface area contributed by atoms with Gasteiger partial charge in [-0.3, -0.25) is 8.77 Å². The number of fused-ring (bicyclic) bond motifs is 1. The Morgan fingerprint density at radius 1 is 1.06 bits per heavy atom. The highest BCUT2D eigenvalue weighted by Gasteiger charge is 2.35. The lowest BCUT2D eigenvalue weighted by molar-refractivity contribution is -0.137. The van der Waals surface area contributed by atoms with Crippen LogP contribution in [0.2, 0.25) is 0 Å². The number of benzene rings is 2. The molecule has 5 nitrogen and oxygen atoms in total. The summed E-state index contributed by atoms with van der Waals surface area (Å²) in [4.78, 5) is 17.0. The van der Waals surface area contributed by atoms with E-state index >= 15 is 0 Å². The molecule has 2 heterocycles. The lowest BCUT2D eigenvalue weighted by Crippen LogP contribution is -2.15. The molecule has 35 heavy (non-hydrogen) atoms. The number of halogens is 6. The number of nitrogens with zero attached hydrogens (tertiary/aromatic N) is 3. The van der Waals surface area contributed by atoms with Crippen LogP contribution in [0.1, 0.15) is 40.9 Å². The Kier molecular flexibility index (Phi) is 6.45. The fraction of sp³-hybridized carbons (Fsp3) is 0.182. The average Bonchev–Trinajstić information content (AvgIpc) is 3.38. The minimum absolute atomic E-state index is 0.0727. The molecule has 0 atom stereocenters. The highest BCUT2D eigenvalue weighted by molar-refractivity contribution is 7.93. The minimum Gasteiger partial charge on any atom is -0.386 e. The summed E-state index contributed by atoms with van der Waals surface area (Å²) >= 11 is -0.782. The predicted molar refractivity (Wildman–Crippen MR) is 121 cm³/mol. The van der Waals surface area contributed by atoms with Crippen molar-refractivity contribution < 1.29 is 35.2 Å². The zero-order valence-corrected chi connectivity index (χ0v) is 19.5. The highest BCUT2D eigenvalue weighted by Crippen LogP contribution is 2.37. The molecule has 0 unspecified atom stereocenters. The molecule has 0 saturated heterocycles. The first-order chi connectivity index (χ1) is 16.4. The van der Waals surface area contributed by atoms with E-state index < -0.39 is 46.8 Å². The Morgan fingerprint density at radius 2 is 1.74 bits per heavy atom. The third kappa shape index (κ3) is 4.55. The summed E-state index contributed by atoms with van der Waals surface area (Å²) in [6.45, 7) is 2.80. The molecular weight excluding hydrogens is 516 g/mol. The molecule has 4 aromatic rings. The van der Waals surface area contributed by atoms with Crippen LogP contribution in [0.25, 0.3) is 22.6 Å². The zero-order chi connectivity index (χ0) is 25.7. The van der Waals surface area contributed by atoms with E-state index in [2.05, 4.69) is 4.98 Å². The number of carbonyl (C=O) groups excluding carboxylic acids is 1. The summed E-state index contributed by atoms with van der Waals surface area (Å²) in [6, 6.07) is 7.51. The third-order valence-electron chi connectivity index (χ3n) is 5.28. The maximum absolute atomic E-state index is 14.8. The first kappa shape index (κ1) is 25.2. The summed E-state index contributed by atoms with van der Waals surface area (Å²) in [5.74, 6) is -2.22. The molecule has 0 spiro atoms. The predicted octanol–water partition coefficient (Wildman–Crippen LogP) is 6.88. The summed E-state index contributed by atoms with van der Waals surface area (Å²) in [6.07, 6.45) is -3.86. The van der Waals surface area contributed by atoms with Crippen LogP contribution in [0.15, 0.2) is 48.7 Å². The van der Waals surface area contributed by atoms with Crippen molar-refractivity contribution in [3.8, 4) is 11.5 Å². The maximum atomic E-state index is 14.8. The molecule has 4 rings (SSSR count). The third-order valence-corrected chi connectivity index (χ3v) is 6.23. The van der Waals surface area contributed by atoms with Gasteiger partial charge in [-0.25, -0.2) is 13.3 Å². The maximum Gasteiger partial charge on any atom is 0.417 e. The zero-order valence-electron chi connectivity index (χ0n) is 17.9. The van der Waals surface area contributed by atoms with Crippen molar-refractivity contribution >= 4 is 41.5 Å². The second kappa shape index (κ2) is 8.95. The number of ketones is 1. The van der Waals surface area contributed by atoms with Crippen molar-refractivity contribution in [1.29, 1.82) is 0 Å². The molecule has 0 aliphatic rings. The largest absolute Gasteiger partial charge is 0.417 e. The first-order valence-electron chi connectivity index (χ1n) is 9.83. The topological polar surface area (TPSA) is 60.1 Å². The van der Waals surface area contributed by atoms with Crippen LogP contribution in [-0.4, -0.2) is 23.8 Å². The SMILES string of the molecule is CC(C)(O)c1cc(F)c2nc(-c3cc(C(=O)c4ccccc4C(F)(F)F)cn3SF)n(SF)c2c1. The van der Waals surface area contributed by atoms with Gasteiger partial charge in [0.05, 0.1) is 22.4 Å². The molecule has 0 aliphatic heterocycles. The number of carbonyl (C=O) groups is 1. The van der Waals surface area contributed by atoms with Gasteiger partial charge in [0, 0.05) is 17.3 Å². The fourth-order valence-corrected chi connectivity index (χ4v) is 4.35. The van der Waals surface area contributed by atoms with E-state index in [4.69, 9.17) is 0 Å². The smallest absolute Gasteiger partial charge is 0.386 e. The van der Waals surface area contributed by atoms with Crippen LogP contribution in [0.5, 0.6) is 0 Å². The van der Waals surface area contributed by atoms with Crippen LogP contribution in [0.3, 0.4) is 0 Å². The van der Waals surface area contributed by atoms with Crippen LogP contribution in [-0.2, 0) is 11.8 Å². The molecule has 2 aromatic heterocycles. The van der Waals surface area contributed by atoms with Crippen molar-refractivity contribution in [1.82, 2.24) is 12.9 Å². The van der Waals surface area contributed by atoms with Crippen LogP contribution < -0.4 is 0 Å². The molecule has 0 amide bonds. The summed E-state index contributed by atoms with van der Waals surface area (Å²) in [7, 11) is 0. The van der Waals surface area contributed by atoms with E-state index in [1.807, 2.05) is 0 Å². The second-order valence-corrected chi connectivity index (χ2v) is 9.10.